The van der Waals surface area contributed by atoms with Gasteiger partial charge in [-0.25, -0.2) is 15.0 Å². The first-order valence-electron chi connectivity index (χ1n) is 9.93. The van der Waals surface area contributed by atoms with Crippen LogP contribution >= 0.6 is 23.1 Å². The average molecular weight is 489 g/mol. The molecule has 0 atom stereocenters. The number of hydrogen-bond acceptors (Lipinski definition) is 6. The zero-order valence-electron chi connectivity index (χ0n) is 18.0. The number of thioether (sulfide) groups is 1. The summed E-state index contributed by atoms with van der Waals surface area (Å²) in [7, 11) is 0. The van der Waals surface area contributed by atoms with E-state index in [-0.39, 0.29) is 16.4 Å². The van der Waals surface area contributed by atoms with Gasteiger partial charge in [-0.3, -0.25) is 9.69 Å². The van der Waals surface area contributed by atoms with Crippen LogP contribution in [-0.4, -0.2) is 20.9 Å². The summed E-state index contributed by atoms with van der Waals surface area (Å²) >= 11 is 2.47. The first-order valence-corrected chi connectivity index (χ1v) is 11.8. The lowest BCUT2D eigenvalue weighted by Crippen LogP contribution is -2.23. The molecule has 2 aromatic carbocycles. The summed E-state index contributed by atoms with van der Waals surface area (Å²) < 4.78 is 39.8. The molecule has 0 aliphatic heterocycles. The number of aryl methyl sites for hydroxylation is 1. The largest absolute Gasteiger partial charge is 0.451 e. The van der Waals surface area contributed by atoms with Crippen LogP contribution in [0.15, 0.2) is 52.9 Å². The molecule has 0 aliphatic rings. The second kappa shape index (κ2) is 9.11. The Labute approximate surface area is 196 Å². The molecule has 2 heterocycles. The van der Waals surface area contributed by atoms with Gasteiger partial charge in [0.15, 0.2) is 5.13 Å². The number of nitrogens with zero attached hydrogens (tertiary/aromatic N) is 4. The van der Waals surface area contributed by atoms with Crippen LogP contribution in [0.1, 0.15) is 29.6 Å². The molecule has 0 saturated heterocycles. The fraction of sp³-hybridized carbons (Fsp3) is 0.217. The molecule has 4 rings (SSSR count). The molecule has 5 nitrogen and oxygen atoms in total. The van der Waals surface area contributed by atoms with E-state index < -0.39 is 12.0 Å². The van der Waals surface area contributed by atoms with Crippen molar-refractivity contribution < 1.29 is 18.0 Å². The Morgan fingerprint density at radius 3 is 2.55 bits per heavy atom. The van der Waals surface area contributed by atoms with Crippen molar-refractivity contribution in [1.82, 2.24) is 15.0 Å². The van der Waals surface area contributed by atoms with Gasteiger partial charge in [-0.05, 0) is 37.1 Å². The molecule has 0 radical (unpaired) electrons. The third kappa shape index (κ3) is 4.86. The van der Waals surface area contributed by atoms with Crippen molar-refractivity contribution in [3.63, 3.8) is 0 Å². The Kier molecular flexibility index (Phi) is 6.40. The van der Waals surface area contributed by atoms with E-state index in [2.05, 4.69) is 15.0 Å². The number of thiazole rings is 1. The van der Waals surface area contributed by atoms with Gasteiger partial charge in [0.25, 0.3) is 0 Å². The van der Waals surface area contributed by atoms with Gasteiger partial charge < -0.3 is 0 Å². The van der Waals surface area contributed by atoms with Crippen LogP contribution in [0.25, 0.3) is 10.9 Å². The second-order valence-electron chi connectivity index (χ2n) is 7.35. The summed E-state index contributed by atoms with van der Waals surface area (Å²) in [5.41, 5.74) is 3.67. The molecule has 10 heteroatoms. The number of aromatic nitrogens is 3. The van der Waals surface area contributed by atoms with Crippen molar-refractivity contribution in [1.29, 1.82) is 0 Å². The van der Waals surface area contributed by atoms with E-state index in [4.69, 9.17) is 0 Å². The standard InChI is InChI=1S/C23H19F3N4OS2/c1-13-7-6-10-19(14(13)2)30(15(3)31)22-27-16(12-33-22)11-32-20-17-8-4-5-9-18(17)28-21(29-20)23(24,25)26/h4-10,12H,11H2,1-3H3. The number of carbonyl (C=O) groups is 1. The van der Waals surface area contributed by atoms with E-state index in [1.54, 1.807) is 28.5 Å². The number of benzene rings is 2. The van der Waals surface area contributed by atoms with E-state index in [1.165, 1.54) is 24.3 Å². The topological polar surface area (TPSA) is 59.0 Å². The number of carbonyl (C=O) groups excluding carboxylic acids is 1. The maximum atomic E-state index is 13.3. The molecule has 0 saturated carbocycles. The van der Waals surface area contributed by atoms with Crippen LogP contribution in [0, 0.1) is 13.8 Å². The quantitative estimate of drug-likeness (QED) is 0.231. The van der Waals surface area contributed by atoms with Crippen LogP contribution in [0.4, 0.5) is 24.0 Å². The zero-order chi connectivity index (χ0) is 23.8. The molecule has 0 spiro atoms. The van der Waals surface area contributed by atoms with Crippen molar-refractivity contribution >= 4 is 50.7 Å². The number of fused-ring (bicyclic) bond motifs is 1. The normalized spacial score (nSPS) is 11.7. The lowest BCUT2D eigenvalue weighted by molar-refractivity contribution is -0.145. The van der Waals surface area contributed by atoms with Gasteiger partial charge in [-0.1, -0.05) is 42.1 Å². The number of anilines is 2. The predicted octanol–water partition coefficient (Wildman–Crippen LogP) is 6.70. The van der Waals surface area contributed by atoms with Gasteiger partial charge in [-0.2, -0.15) is 13.2 Å². The van der Waals surface area contributed by atoms with Gasteiger partial charge >= 0.3 is 6.18 Å². The van der Waals surface area contributed by atoms with Crippen molar-refractivity contribution in [3.8, 4) is 0 Å². The Hall–Kier alpha value is -2.98. The smallest absolute Gasteiger partial charge is 0.274 e. The van der Waals surface area contributed by atoms with Gasteiger partial charge in [0.2, 0.25) is 11.7 Å². The summed E-state index contributed by atoms with van der Waals surface area (Å²) in [6.45, 7) is 5.40. The highest BCUT2D eigenvalue weighted by Crippen LogP contribution is 2.36. The van der Waals surface area contributed by atoms with E-state index in [0.29, 0.717) is 22.0 Å². The molecule has 0 bridgehead atoms. The van der Waals surface area contributed by atoms with Crippen molar-refractivity contribution in [2.75, 3.05) is 4.90 Å². The summed E-state index contributed by atoms with van der Waals surface area (Å²) in [4.78, 5) is 26.0. The number of halogens is 3. The molecule has 2 aromatic heterocycles. The molecule has 0 fully saturated rings. The molecule has 0 unspecified atom stereocenters. The van der Waals surface area contributed by atoms with Crippen LogP contribution in [0.5, 0.6) is 0 Å². The Bertz CT molecular complexity index is 1340. The van der Waals surface area contributed by atoms with Gasteiger partial charge in [-0.15, -0.1) is 11.3 Å². The maximum absolute atomic E-state index is 13.3. The first-order chi connectivity index (χ1) is 15.6. The van der Waals surface area contributed by atoms with E-state index in [9.17, 15) is 18.0 Å². The third-order valence-corrected chi connectivity index (χ3v) is 6.94. The molecule has 0 N–H and O–H groups in total. The van der Waals surface area contributed by atoms with Gasteiger partial charge in [0.1, 0.15) is 5.03 Å². The molecule has 0 aliphatic carbocycles. The fourth-order valence-electron chi connectivity index (χ4n) is 3.28. The Morgan fingerprint density at radius 2 is 1.82 bits per heavy atom. The first kappa shape index (κ1) is 23.2. The summed E-state index contributed by atoms with van der Waals surface area (Å²) in [5, 5.41) is 3.10. The molecule has 170 valence electrons. The fourth-order valence-corrected chi connectivity index (χ4v) is 5.17. The number of amides is 1. The second-order valence-corrected chi connectivity index (χ2v) is 9.15. The van der Waals surface area contributed by atoms with Gasteiger partial charge in [0.05, 0.1) is 16.9 Å². The van der Waals surface area contributed by atoms with Crippen LogP contribution in [0.3, 0.4) is 0 Å². The highest BCUT2D eigenvalue weighted by atomic mass is 32.2. The monoisotopic (exact) mass is 488 g/mol. The molecule has 1 amide bonds. The number of para-hydroxylation sites is 1. The van der Waals surface area contributed by atoms with Crippen molar-refractivity contribution in [2.45, 2.75) is 37.7 Å². The van der Waals surface area contributed by atoms with E-state index >= 15 is 0 Å². The Balaban J connectivity index is 1.63. The van der Waals surface area contributed by atoms with E-state index in [1.807, 2.05) is 32.0 Å². The summed E-state index contributed by atoms with van der Waals surface area (Å²) in [6, 6.07) is 12.3. The third-order valence-electron chi connectivity index (χ3n) is 5.04. The maximum Gasteiger partial charge on any atom is 0.451 e. The van der Waals surface area contributed by atoms with Crippen LogP contribution in [0.2, 0.25) is 0 Å². The lowest BCUT2D eigenvalue weighted by atomic mass is 10.1. The van der Waals surface area contributed by atoms with E-state index in [0.717, 1.165) is 28.6 Å². The highest BCUT2D eigenvalue weighted by Gasteiger charge is 2.35. The predicted molar refractivity (Wildman–Crippen MR) is 125 cm³/mol. The molecule has 33 heavy (non-hydrogen) atoms. The molecular weight excluding hydrogens is 469 g/mol. The number of rotatable bonds is 5. The van der Waals surface area contributed by atoms with Gasteiger partial charge in [0, 0.05) is 23.4 Å². The minimum absolute atomic E-state index is 0.172. The SMILES string of the molecule is CC(=O)N(c1nc(CSc2nc(C(F)(F)F)nc3ccccc23)cs1)c1cccc(C)c1C. The minimum Gasteiger partial charge on any atom is -0.274 e. The summed E-state index contributed by atoms with van der Waals surface area (Å²) in [6.07, 6.45) is -4.64. The van der Waals surface area contributed by atoms with Crippen molar-refractivity contribution in [3.05, 3.63) is 70.5 Å². The highest BCUT2D eigenvalue weighted by molar-refractivity contribution is 7.98. The zero-order valence-corrected chi connectivity index (χ0v) is 19.6. The van der Waals surface area contributed by atoms with Crippen LogP contribution in [-0.2, 0) is 16.7 Å². The minimum atomic E-state index is -4.64. The van der Waals surface area contributed by atoms with Crippen LogP contribution < -0.4 is 4.90 Å². The van der Waals surface area contributed by atoms with Crippen molar-refractivity contribution in [2.24, 2.45) is 0 Å². The summed E-state index contributed by atoms with van der Waals surface area (Å²) in [5.74, 6) is -1.04. The lowest BCUT2D eigenvalue weighted by Gasteiger charge is -2.21. The number of alkyl halides is 3. The Morgan fingerprint density at radius 1 is 1.06 bits per heavy atom. The molecular formula is C23H19F3N4OS2. The average Bonchev–Trinajstić information content (AvgIpc) is 3.22. The molecule has 4 aromatic rings. The number of hydrogen-bond donors (Lipinski definition) is 0.